The summed E-state index contributed by atoms with van der Waals surface area (Å²) >= 11 is 1.82. The van der Waals surface area contributed by atoms with E-state index >= 15 is 0 Å². The third-order valence-electron chi connectivity index (χ3n) is 10.9. The fourth-order valence-electron chi connectivity index (χ4n) is 8.63. The van der Waals surface area contributed by atoms with Gasteiger partial charge in [-0.25, -0.2) is 9.97 Å². The van der Waals surface area contributed by atoms with Crippen LogP contribution in [0.3, 0.4) is 0 Å². The van der Waals surface area contributed by atoms with Gasteiger partial charge in [0.25, 0.3) is 0 Å². The van der Waals surface area contributed by atoms with Gasteiger partial charge in [0.15, 0.2) is 5.82 Å². The Morgan fingerprint density at radius 1 is 0.415 bits per heavy atom. The Kier molecular flexibility index (Phi) is 5.90. The van der Waals surface area contributed by atoms with Gasteiger partial charge < -0.3 is 4.57 Å². The number of fused-ring (bicyclic) bond motifs is 12. The summed E-state index contributed by atoms with van der Waals surface area (Å²) in [6.07, 6.45) is 0. The number of thiophene rings is 1. The smallest absolute Gasteiger partial charge is 0.163 e. The molecule has 0 N–H and O–H groups in total. The van der Waals surface area contributed by atoms with E-state index in [1.54, 1.807) is 0 Å². The van der Waals surface area contributed by atoms with Crippen LogP contribution < -0.4 is 0 Å². The Balaban J connectivity index is 1.22. The number of benzene rings is 8. The molecule has 0 aliphatic rings. The Bertz CT molecular complexity index is 3420. The van der Waals surface area contributed by atoms with Gasteiger partial charge in [-0.15, -0.1) is 11.3 Å². The lowest BCUT2D eigenvalue weighted by Gasteiger charge is -2.15. The van der Waals surface area contributed by atoms with E-state index in [2.05, 4.69) is 179 Å². The average molecular weight is 693 g/mol. The van der Waals surface area contributed by atoms with Gasteiger partial charge in [-0.3, -0.25) is 4.57 Å². The topological polar surface area (TPSA) is 35.6 Å². The van der Waals surface area contributed by atoms with Crippen molar-refractivity contribution in [2.24, 2.45) is 0 Å². The second-order valence-corrected chi connectivity index (χ2v) is 14.8. The van der Waals surface area contributed by atoms with Crippen LogP contribution in [0, 0.1) is 0 Å². The van der Waals surface area contributed by atoms with Crippen LogP contribution >= 0.6 is 11.3 Å². The Hall–Kier alpha value is -6.82. The summed E-state index contributed by atoms with van der Waals surface area (Å²) in [6.45, 7) is 0. The molecule has 0 unspecified atom stereocenters. The van der Waals surface area contributed by atoms with Crippen LogP contribution in [0.1, 0.15) is 0 Å². The van der Waals surface area contributed by atoms with Crippen molar-refractivity contribution in [1.82, 2.24) is 19.1 Å². The highest BCUT2D eigenvalue weighted by Crippen LogP contribution is 2.44. The molecule has 0 aliphatic heterocycles. The van der Waals surface area contributed by atoms with Gasteiger partial charge >= 0.3 is 0 Å². The highest BCUT2D eigenvalue weighted by molar-refractivity contribution is 7.26. The molecule has 0 aliphatic carbocycles. The molecule has 0 atom stereocenters. The van der Waals surface area contributed by atoms with Gasteiger partial charge in [0.05, 0.1) is 27.6 Å². The third-order valence-corrected chi connectivity index (χ3v) is 12.1. The van der Waals surface area contributed by atoms with Gasteiger partial charge in [-0.2, -0.15) is 0 Å². The maximum Gasteiger partial charge on any atom is 0.163 e. The second-order valence-electron chi connectivity index (χ2n) is 13.8. The second kappa shape index (κ2) is 10.8. The van der Waals surface area contributed by atoms with Crippen molar-refractivity contribution in [3.8, 4) is 22.9 Å². The molecule has 53 heavy (non-hydrogen) atoms. The van der Waals surface area contributed by atoms with Crippen LogP contribution in [0.5, 0.6) is 0 Å². The Morgan fingerprint density at radius 3 is 1.79 bits per heavy atom. The minimum atomic E-state index is 0.713. The lowest BCUT2D eigenvalue weighted by atomic mass is 10.0. The lowest BCUT2D eigenvalue weighted by Crippen LogP contribution is -2.03. The molecule has 4 nitrogen and oxygen atoms in total. The zero-order chi connectivity index (χ0) is 34.6. The number of nitrogens with zero attached hydrogens (tertiary/aromatic N) is 4. The first-order valence-electron chi connectivity index (χ1n) is 17.9. The van der Waals surface area contributed by atoms with Crippen molar-refractivity contribution in [1.29, 1.82) is 0 Å². The minimum Gasteiger partial charge on any atom is -0.309 e. The summed E-state index contributed by atoms with van der Waals surface area (Å²) in [5, 5.41) is 10.9. The largest absolute Gasteiger partial charge is 0.309 e. The van der Waals surface area contributed by atoms with Crippen LogP contribution in [0.25, 0.3) is 108 Å². The van der Waals surface area contributed by atoms with Gasteiger partial charge in [0, 0.05) is 58.4 Å². The molecular formula is C48H28N4S. The molecule has 0 amide bonds. The molecular weight excluding hydrogens is 665 g/mol. The summed E-state index contributed by atoms with van der Waals surface area (Å²) in [5.74, 6) is 1.59. The number of rotatable bonds is 3. The molecule has 4 heterocycles. The molecule has 12 aromatic rings. The quantitative estimate of drug-likeness (QED) is 0.185. The van der Waals surface area contributed by atoms with Crippen LogP contribution in [0.4, 0.5) is 0 Å². The summed E-state index contributed by atoms with van der Waals surface area (Å²) in [6, 6.07) is 61.1. The predicted octanol–water partition coefficient (Wildman–Crippen LogP) is 13.0. The summed E-state index contributed by atoms with van der Waals surface area (Å²) < 4.78 is 7.19. The maximum absolute atomic E-state index is 5.57. The summed E-state index contributed by atoms with van der Waals surface area (Å²) in [7, 11) is 0. The molecule has 0 bridgehead atoms. The normalized spacial score (nSPS) is 12.2. The average Bonchev–Trinajstić information content (AvgIpc) is 3.88. The van der Waals surface area contributed by atoms with E-state index in [0.717, 1.165) is 39.0 Å². The van der Waals surface area contributed by atoms with Gasteiger partial charge in [0.2, 0.25) is 0 Å². The highest BCUT2D eigenvalue weighted by atomic mass is 32.1. The zero-order valence-corrected chi connectivity index (χ0v) is 29.2. The zero-order valence-electron chi connectivity index (χ0n) is 28.4. The summed E-state index contributed by atoms with van der Waals surface area (Å²) in [4.78, 5) is 10.9. The van der Waals surface area contributed by atoms with Crippen LogP contribution in [-0.4, -0.2) is 19.1 Å². The molecule has 12 rings (SSSR count). The standard InChI is InChI=1S/C48H28N4S/c1-2-14-31-29(13-1)25-26-43-45(31)36-19-6-11-23-42(36)51(43)30-27-37-34-17-7-12-24-44(34)53-46(37)38(28-30)47-49-39-20-8-3-18-35(39)48(50-47)52-40-21-9-4-15-32(40)33-16-5-10-22-41(33)52/h1-28H. The van der Waals surface area contributed by atoms with Crippen LogP contribution in [0.15, 0.2) is 170 Å². The monoisotopic (exact) mass is 692 g/mol. The van der Waals surface area contributed by atoms with E-state index in [1.165, 1.54) is 63.5 Å². The van der Waals surface area contributed by atoms with E-state index in [1.807, 2.05) is 11.3 Å². The van der Waals surface area contributed by atoms with E-state index in [0.29, 0.717) is 5.82 Å². The number of para-hydroxylation sites is 4. The predicted molar refractivity (Wildman–Crippen MR) is 224 cm³/mol. The van der Waals surface area contributed by atoms with E-state index in [9.17, 15) is 0 Å². The maximum atomic E-state index is 5.57. The van der Waals surface area contributed by atoms with E-state index in [-0.39, 0.29) is 0 Å². The first-order chi connectivity index (χ1) is 26.3. The van der Waals surface area contributed by atoms with Crippen molar-refractivity contribution in [3.63, 3.8) is 0 Å². The van der Waals surface area contributed by atoms with Crippen molar-refractivity contribution in [2.45, 2.75) is 0 Å². The fraction of sp³-hybridized carbons (Fsp3) is 0. The molecule has 5 heteroatoms. The van der Waals surface area contributed by atoms with E-state index in [4.69, 9.17) is 9.97 Å². The minimum absolute atomic E-state index is 0.713. The number of aromatic nitrogens is 4. The summed E-state index contributed by atoms with van der Waals surface area (Å²) in [5.41, 5.74) is 7.64. The molecule has 4 aromatic heterocycles. The molecule has 0 spiro atoms. The first kappa shape index (κ1) is 28.8. The van der Waals surface area contributed by atoms with Crippen molar-refractivity contribution in [2.75, 3.05) is 0 Å². The molecule has 0 radical (unpaired) electrons. The fourth-order valence-corrected chi connectivity index (χ4v) is 9.82. The van der Waals surface area contributed by atoms with Gasteiger partial charge in [0.1, 0.15) is 5.82 Å². The molecule has 0 saturated carbocycles. The first-order valence-corrected chi connectivity index (χ1v) is 18.7. The van der Waals surface area contributed by atoms with Crippen molar-refractivity contribution in [3.05, 3.63) is 170 Å². The van der Waals surface area contributed by atoms with Gasteiger partial charge in [-0.05, 0) is 65.4 Å². The highest BCUT2D eigenvalue weighted by Gasteiger charge is 2.22. The number of hydrogen-bond donors (Lipinski definition) is 0. The molecule has 8 aromatic carbocycles. The van der Waals surface area contributed by atoms with Crippen molar-refractivity contribution < 1.29 is 0 Å². The van der Waals surface area contributed by atoms with Crippen molar-refractivity contribution >= 4 is 96.8 Å². The van der Waals surface area contributed by atoms with Crippen LogP contribution in [0.2, 0.25) is 0 Å². The molecule has 0 saturated heterocycles. The van der Waals surface area contributed by atoms with Gasteiger partial charge in [-0.1, -0.05) is 115 Å². The SMILES string of the molecule is c1ccc2c(c1)ccc1c2c2ccccc2n1-c1cc(-c2nc(-n3c4ccccc4c4ccccc43)c3ccccc3n2)c2sc3ccccc3c2c1. The Labute approximate surface area is 307 Å². The number of hydrogen-bond acceptors (Lipinski definition) is 3. The third kappa shape index (κ3) is 4.05. The van der Waals surface area contributed by atoms with E-state index < -0.39 is 0 Å². The Morgan fingerprint density at radius 2 is 1.02 bits per heavy atom. The molecule has 0 fully saturated rings. The lowest BCUT2D eigenvalue weighted by molar-refractivity contribution is 1.08. The van der Waals surface area contributed by atoms with Crippen LogP contribution in [-0.2, 0) is 0 Å². The molecule has 246 valence electrons.